The zero-order valence-electron chi connectivity index (χ0n) is 14.7. The maximum atomic E-state index is 12.8. The average molecular weight is 389 g/mol. The first-order chi connectivity index (χ1) is 12.9. The molecular weight excluding hydrogens is 370 g/mol. The molecule has 142 valence electrons. The van der Waals surface area contributed by atoms with Crippen LogP contribution in [0.2, 0.25) is 0 Å². The Bertz CT molecular complexity index is 924. The van der Waals surface area contributed by atoms with Gasteiger partial charge in [0.1, 0.15) is 5.69 Å². The standard InChI is InChI=1S/C17H19N5O4S/c1-13(23)20-14-2-4-15(5-3-14)27(25,26)22-10-8-21(9-11-22)17(24)16-12-18-6-7-19-16/h2-7,12H,8-11H2,1H3,(H,20,23). The third kappa shape index (κ3) is 4.29. The number of nitrogens with zero attached hydrogens (tertiary/aromatic N) is 4. The zero-order chi connectivity index (χ0) is 19.4. The Kier molecular flexibility index (Phi) is 5.47. The van der Waals surface area contributed by atoms with Gasteiger partial charge in [-0.2, -0.15) is 4.31 Å². The van der Waals surface area contributed by atoms with Crippen LogP contribution in [0.1, 0.15) is 17.4 Å². The minimum atomic E-state index is -3.67. The number of carbonyl (C=O) groups is 2. The third-order valence-electron chi connectivity index (χ3n) is 4.12. The van der Waals surface area contributed by atoms with Gasteiger partial charge in [-0.1, -0.05) is 0 Å². The van der Waals surface area contributed by atoms with Gasteiger partial charge in [0, 0.05) is 51.2 Å². The smallest absolute Gasteiger partial charge is 0.274 e. The van der Waals surface area contributed by atoms with Gasteiger partial charge in [0.15, 0.2) is 0 Å². The van der Waals surface area contributed by atoms with E-state index >= 15 is 0 Å². The van der Waals surface area contributed by atoms with Crippen molar-refractivity contribution in [2.75, 3.05) is 31.5 Å². The van der Waals surface area contributed by atoms with Crippen molar-refractivity contribution in [3.8, 4) is 0 Å². The second-order valence-electron chi connectivity index (χ2n) is 5.99. The second-order valence-corrected chi connectivity index (χ2v) is 7.93. The first-order valence-corrected chi connectivity index (χ1v) is 9.75. The van der Waals surface area contributed by atoms with Gasteiger partial charge in [-0.15, -0.1) is 0 Å². The molecule has 0 atom stereocenters. The van der Waals surface area contributed by atoms with E-state index < -0.39 is 10.0 Å². The Balaban J connectivity index is 1.66. The summed E-state index contributed by atoms with van der Waals surface area (Å²) in [6, 6.07) is 6.00. The molecule has 0 radical (unpaired) electrons. The maximum Gasteiger partial charge on any atom is 0.274 e. The molecule has 1 aliphatic heterocycles. The number of aromatic nitrogens is 2. The van der Waals surface area contributed by atoms with Crippen LogP contribution in [-0.4, -0.2) is 65.6 Å². The van der Waals surface area contributed by atoms with Crippen LogP contribution in [0.5, 0.6) is 0 Å². The van der Waals surface area contributed by atoms with Gasteiger partial charge in [-0.05, 0) is 24.3 Å². The Hall–Kier alpha value is -2.85. The molecule has 9 nitrogen and oxygen atoms in total. The Morgan fingerprint density at radius 1 is 1.04 bits per heavy atom. The van der Waals surface area contributed by atoms with Crippen LogP contribution in [0.25, 0.3) is 0 Å². The van der Waals surface area contributed by atoms with Crippen LogP contribution >= 0.6 is 0 Å². The van der Waals surface area contributed by atoms with Gasteiger partial charge < -0.3 is 10.2 Å². The molecule has 10 heteroatoms. The van der Waals surface area contributed by atoms with Crippen molar-refractivity contribution in [3.63, 3.8) is 0 Å². The minimum absolute atomic E-state index is 0.144. The highest BCUT2D eigenvalue weighted by molar-refractivity contribution is 7.89. The van der Waals surface area contributed by atoms with Gasteiger partial charge in [0.05, 0.1) is 11.1 Å². The summed E-state index contributed by atoms with van der Waals surface area (Å²) in [6.45, 7) is 2.33. The fourth-order valence-electron chi connectivity index (χ4n) is 2.77. The number of rotatable bonds is 4. The molecule has 3 rings (SSSR count). The highest BCUT2D eigenvalue weighted by Gasteiger charge is 2.30. The normalized spacial score (nSPS) is 15.4. The predicted octanol–water partition coefficient (Wildman–Crippen LogP) is 0.582. The van der Waals surface area contributed by atoms with E-state index in [2.05, 4.69) is 15.3 Å². The van der Waals surface area contributed by atoms with Gasteiger partial charge >= 0.3 is 0 Å². The van der Waals surface area contributed by atoms with Gasteiger partial charge in [0.2, 0.25) is 15.9 Å². The summed E-state index contributed by atoms with van der Waals surface area (Å²) < 4.78 is 26.9. The number of hydrogen-bond acceptors (Lipinski definition) is 6. The van der Waals surface area contributed by atoms with E-state index in [1.807, 2.05) is 0 Å². The molecule has 0 unspecified atom stereocenters. The number of amides is 2. The van der Waals surface area contributed by atoms with Crippen molar-refractivity contribution in [3.05, 3.63) is 48.5 Å². The molecule has 1 fully saturated rings. The number of piperazine rings is 1. The highest BCUT2D eigenvalue weighted by Crippen LogP contribution is 2.20. The van der Waals surface area contributed by atoms with Crippen LogP contribution in [0, 0.1) is 0 Å². The van der Waals surface area contributed by atoms with Gasteiger partial charge in [0.25, 0.3) is 5.91 Å². The molecule has 1 N–H and O–H groups in total. The Morgan fingerprint density at radius 2 is 1.70 bits per heavy atom. The second kappa shape index (κ2) is 7.80. The monoisotopic (exact) mass is 389 g/mol. The fraction of sp³-hybridized carbons (Fsp3) is 0.294. The topological polar surface area (TPSA) is 113 Å². The molecule has 1 aromatic heterocycles. The molecule has 0 spiro atoms. The van der Waals surface area contributed by atoms with E-state index in [1.165, 1.54) is 42.0 Å². The molecule has 1 saturated heterocycles. The quantitative estimate of drug-likeness (QED) is 0.819. The summed E-state index contributed by atoms with van der Waals surface area (Å²) in [4.78, 5) is 33.0. The van der Waals surface area contributed by atoms with Crippen molar-refractivity contribution in [2.24, 2.45) is 0 Å². The first kappa shape index (κ1) is 18.9. The van der Waals surface area contributed by atoms with Crippen molar-refractivity contribution >= 4 is 27.5 Å². The summed E-state index contributed by atoms with van der Waals surface area (Å²) in [7, 11) is -3.67. The third-order valence-corrected chi connectivity index (χ3v) is 6.03. The number of carbonyl (C=O) groups excluding carboxylic acids is 2. The largest absolute Gasteiger partial charge is 0.335 e. The van der Waals surface area contributed by atoms with Crippen molar-refractivity contribution < 1.29 is 18.0 Å². The zero-order valence-corrected chi connectivity index (χ0v) is 15.5. The number of benzene rings is 1. The molecule has 1 aliphatic rings. The number of hydrogen-bond donors (Lipinski definition) is 1. The van der Waals surface area contributed by atoms with Crippen molar-refractivity contribution in [1.82, 2.24) is 19.2 Å². The molecule has 0 saturated carbocycles. The van der Waals surface area contributed by atoms with Crippen LogP contribution in [-0.2, 0) is 14.8 Å². The number of anilines is 1. The Morgan fingerprint density at radius 3 is 2.26 bits per heavy atom. The predicted molar refractivity (Wildman–Crippen MR) is 97.4 cm³/mol. The SMILES string of the molecule is CC(=O)Nc1ccc(S(=O)(=O)N2CCN(C(=O)c3cnccn3)CC2)cc1. The lowest BCUT2D eigenvalue weighted by atomic mass is 10.3. The summed E-state index contributed by atoms with van der Waals surface area (Å²) in [5.74, 6) is -0.491. The molecule has 2 aromatic rings. The van der Waals surface area contributed by atoms with Crippen molar-refractivity contribution in [1.29, 1.82) is 0 Å². The molecule has 2 heterocycles. The lowest BCUT2D eigenvalue weighted by Gasteiger charge is -2.33. The van der Waals surface area contributed by atoms with E-state index in [4.69, 9.17) is 0 Å². The van der Waals surface area contributed by atoms with Crippen LogP contribution in [0.3, 0.4) is 0 Å². The highest BCUT2D eigenvalue weighted by atomic mass is 32.2. The average Bonchev–Trinajstić information content (AvgIpc) is 2.68. The van der Waals surface area contributed by atoms with E-state index in [0.717, 1.165) is 0 Å². The number of nitrogens with one attached hydrogen (secondary N) is 1. The summed E-state index contributed by atoms with van der Waals surface area (Å²) in [5.41, 5.74) is 0.767. The van der Waals surface area contributed by atoms with Gasteiger partial charge in [-0.3, -0.25) is 14.6 Å². The molecule has 0 aliphatic carbocycles. The molecule has 1 aromatic carbocycles. The molecule has 27 heavy (non-hydrogen) atoms. The summed E-state index contributed by atoms with van der Waals surface area (Å²) in [6.07, 6.45) is 4.32. The van der Waals surface area contributed by atoms with E-state index in [9.17, 15) is 18.0 Å². The molecular formula is C17H19N5O4S. The number of sulfonamides is 1. The van der Waals surface area contributed by atoms with E-state index in [1.54, 1.807) is 17.0 Å². The van der Waals surface area contributed by atoms with Crippen molar-refractivity contribution in [2.45, 2.75) is 11.8 Å². The summed E-state index contributed by atoms with van der Waals surface area (Å²) >= 11 is 0. The first-order valence-electron chi connectivity index (χ1n) is 8.31. The molecule has 0 bridgehead atoms. The van der Waals surface area contributed by atoms with Crippen LogP contribution in [0.4, 0.5) is 5.69 Å². The Labute approximate surface area is 157 Å². The van der Waals surface area contributed by atoms with Crippen LogP contribution in [0.15, 0.2) is 47.8 Å². The minimum Gasteiger partial charge on any atom is -0.335 e. The summed E-state index contributed by atoms with van der Waals surface area (Å²) in [5, 5.41) is 2.59. The lowest BCUT2D eigenvalue weighted by Crippen LogP contribution is -2.50. The van der Waals surface area contributed by atoms with E-state index in [0.29, 0.717) is 5.69 Å². The maximum absolute atomic E-state index is 12.8. The lowest BCUT2D eigenvalue weighted by molar-refractivity contribution is -0.114. The van der Waals surface area contributed by atoms with Crippen LogP contribution < -0.4 is 5.32 Å². The van der Waals surface area contributed by atoms with E-state index in [-0.39, 0.29) is 48.6 Å². The fourth-order valence-corrected chi connectivity index (χ4v) is 4.19. The van der Waals surface area contributed by atoms with Gasteiger partial charge in [-0.25, -0.2) is 13.4 Å². The molecule has 2 amide bonds.